The van der Waals surface area contributed by atoms with Crippen LogP contribution in [0, 0.1) is 0 Å². The number of carbonyl (C=O) groups is 1. The first-order chi connectivity index (χ1) is 16.4. The van der Waals surface area contributed by atoms with E-state index in [9.17, 15) is 9.59 Å². The molecule has 0 saturated carbocycles. The van der Waals surface area contributed by atoms with Gasteiger partial charge in [-0.1, -0.05) is 67.5 Å². The Morgan fingerprint density at radius 1 is 1.12 bits per heavy atom. The third kappa shape index (κ3) is 4.95. The fourth-order valence-electron chi connectivity index (χ4n) is 3.69. The summed E-state index contributed by atoms with van der Waals surface area (Å²) in [6.07, 6.45) is 0. The van der Waals surface area contributed by atoms with Gasteiger partial charge in [-0.3, -0.25) is 14.2 Å². The summed E-state index contributed by atoms with van der Waals surface area (Å²) in [6.45, 7) is 4.16. The maximum atomic E-state index is 13.5. The number of methoxy groups -OCH3 is 1. The summed E-state index contributed by atoms with van der Waals surface area (Å²) < 4.78 is 6.97. The van der Waals surface area contributed by atoms with Crippen LogP contribution in [0.15, 0.2) is 76.7 Å². The van der Waals surface area contributed by atoms with Crippen molar-refractivity contribution in [3.63, 3.8) is 0 Å². The minimum atomic E-state index is -0.265. The molecule has 0 atom stereocenters. The Balaban J connectivity index is 1.72. The van der Waals surface area contributed by atoms with Gasteiger partial charge in [-0.2, -0.15) is 0 Å². The summed E-state index contributed by atoms with van der Waals surface area (Å²) in [5.74, 6) is 0.675. The van der Waals surface area contributed by atoms with Crippen molar-refractivity contribution in [3.05, 3.63) is 87.7 Å². The molecule has 8 heteroatoms. The van der Waals surface area contributed by atoms with Crippen molar-refractivity contribution in [3.8, 4) is 11.4 Å². The number of amides is 1. The lowest BCUT2D eigenvalue weighted by molar-refractivity contribution is -0.113. The topological polar surface area (TPSA) is 73.2 Å². The number of halogens is 1. The molecule has 1 aromatic heterocycles. The van der Waals surface area contributed by atoms with Gasteiger partial charge in [0.05, 0.1) is 29.5 Å². The maximum absolute atomic E-state index is 13.5. The molecule has 1 N–H and O–H groups in total. The number of benzene rings is 3. The van der Waals surface area contributed by atoms with E-state index < -0.39 is 0 Å². The Kier molecular flexibility index (Phi) is 7.24. The number of rotatable bonds is 7. The van der Waals surface area contributed by atoms with Gasteiger partial charge >= 0.3 is 0 Å². The number of nitrogens with one attached hydrogen (secondary N) is 1. The third-order valence-electron chi connectivity index (χ3n) is 5.32. The van der Waals surface area contributed by atoms with Crippen LogP contribution >= 0.6 is 23.4 Å². The highest BCUT2D eigenvalue weighted by molar-refractivity contribution is 7.99. The van der Waals surface area contributed by atoms with Crippen LogP contribution in [0.4, 0.5) is 5.69 Å². The number of ether oxygens (including phenoxy) is 1. The van der Waals surface area contributed by atoms with Crippen molar-refractivity contribution in [2.45, 2.75) is 24.9 Å². The molecule has 0 unspecified atom stereocenters. The highest BCUT2D eigenvalue weighted by atomic mass is 35.5. The maximum Gasteiger partial charge on any atom is 0.266 e. The molecular formula is C26H24ClN3O3S. The number of carbonyl (C=O) groups excluding carboxylic acids is 1. The SMILES string of the molecule is COc1ccccc1-n1c(SCC(=O)Nc2ccccc2C(C)C)nc2cc(Cl)ccc2c1=O. The van der Waals surface area contributed by atoms with Gasteiger partial charge in [0.1, 0.15) is 5.75 Å². The number of anilines is 1. The summed E-state index contributed by atoms with van der Waals surface area (Å²) in [5, 5.41) is 4.26. The van der Waals surface area contributed by atoms with Gasteiger partial charge in [-0.25, -0.2) is 4.98 Å². The van der Waals surface area contributed by atoms with Gasteiger partial charge in [-0.05, 0) is 47.9 Å². The van der Waals surface area contributed by atoms with E-state index in [2.05, 4.69) is 24.1 Å². The Morgan fingerprint density at radius 3 is 2.62 bits per heavy atom. The van der Waals surface area contributed by atoms with Gasteiger partial charge in [0, 0.05) is 10.7 Å². The summed E-state index contributed by atoms with van der Waals surface area (Å²) in [6, 6.07) is 19.9. The summed E-state index contributed by atoms with van der Waals surface area (Å²) in [5.41, 5.74) is 2.59. The molecule has 0 spiro atoms. The van der Waals surface area contributed by atoms with Crippen molar-refractivity contribution >= 4 is 45.9 Å². The van der Waals surface area contributed by atoms with Crippen LogP contribution in [0.25, 0.3) is 16.6 Å². The minimum absolute atomic E-state index is 0.0695. The number of thioether (sulfide) groups is 1. The van der Waals surface area contributed by atoms with Gasteiger partial charge in [0.25, 0.3) is 5.56 Å². The lowest BCUT2D eigenvalue weighted by Crippen LogP contribution is -2.23. The Morgan fingerprint density at radius 2 is 1.85 bits per heavy atom. The second kappa shape index (κ2) is 10.3. The summed E-state index contributed by atoms with van der Waals surface area (Å²) >= 11 is 7.32. The zero-order valence-corrected chi connectivity index (χ0v) is 20.6. The molecule has 0 saturated heterocycles. The monoisotopic (exact) mass is 493 g/mol. The van der Waals surface area contributed by atoms with E-state index in [0.717, 1.165) is 11.3 Å². The Labute approximate surface area is 206 Å². The molecule has 4 aromatic rings. The van der Waals surface area contributed by atoms with E-state index in [1.165, 1.54) is 16.3 Å². The second-order valence-electron chi connectivity index (χ2n) is 7.95. The number of fused-ring (bicyclic) bond motifs is 1. The van der Waals surface area contributed by atoms with E-state index in [4.69, 9.17) is 16.3 Å². The largest absolute Gasteiger partial charge is 0.495 e. The molecule has 0 aliphatic rings. The van der Waals surface area contributed by atoms with Gasteiger partial charge in [-0.15, -0.1) is 0 Å². The minimum Gasteiger partial charge on any atom is -0.495 e. The average Bonchev–Trinajstić information content (AvgIpc) is 2.83. The predicted octanol–water partition coefficient (Wildman–Crippen LogP) is 5.90. The lowest BCUT2D eigenvalue weighted by Gasteiger charge is -2.16. The molecule has 1 heterocycles. The first-order valence-electron chi connectivity index (χ1n) is 10.8. The van der Waals surface area contributed by atoms with Crippen molar-refractivity contribution < 1.29 is 9.53 Å². The van der Waals surface area contributed by atoms with E-state index in [1.54, 1.807) is 37.4 Å². The molecule has 174 valence electrons. The third-order valence-corrected chi connectivity index (χ3v) is 6.49. The normalized spacial score (nSPS) is 11.1. The van der Waals surface area contributed by atoms with Crippen LogP contribution in [0.3, 0.4) is 0 Å². The summed E-state index contributed by atoms with van der Waals surface area (Å²) in [4.78, 5) is 31.0. The van der Waals surface area contributed by atoms with Crippen LogP contribution in [-0.2, 0) is 4.79 Å². The van der Waals surface area contributed by atoms with E-state index in [-0.39, 0.29) is 23.1 Å². The van der Waals surface area contributed by atoms with Crippen LogP contribution in [0.2, 0.25) is 5.02 Å². The molecule has 3 aromatic carbocycles. The Bertz CT molecular complexity index is 1420. The number of hydrogen-bond donors (Lipinski definition) is 1. The second-order valence-corrected chi connectivity index (χ2v) is 9.33. The first-order valence-corrected chi connectivity index (χ1v) is 12.1. The highest BCUT2D eigenvalue weighted by Gasteiger charge is 2.18. The molecule has 34 heavy (non-hydrogen) atoms. The first kappa shape index (κ1) is 23.9. The van der Waals surface area contributed by atoms with Gasteiger partial charge in [0.2, 0.25) is 5.91 Å². The molecule has 0 fully saturated rings. The van der Waals surface area contributed by atoms with Crippen molar-refractivity contribution in [2.24, 2.45) is 0 Å². The van der Waals surface area contributed by atoms with Crippen LogP contribution < -0.4 is 15.6 Å². The van der Waals surface area contributed by atoms with E-state index >= 15 is 0 Å². The predicted molar refractivity (Wildman–Crippen MR) is 139 cm³/mol. The van der Waals surface area contributed by atoms with Crippen molar-refractivity contribution in [1.29, 1.82) is 0 Å². The van der Waals surface area contributed by atoms with E-state index in [0.29, 0.717) is 32.5 Å². The van der Waals surface area contributed by atoms with Gasteiger partial charge in [0.15, 0.2) is 5.16 Å². The molecule has 1 amide bonds. The number of nitrogens with zero attached hydrogens (tertiary/aromatic N) is 2. The molecule has 6 nitrogen and oxygen atoms in total. The number of hydrogen-bond acceptors (Lipinski definition) is 5. The molecule has 0 aliphatic heterocycles. The van der Waals surface area contributed by atoms with Gasteiger partial charge < -0.3 is 10.1 Å². The summed E-state index contributed by atoms with van der Waals surface area (Å²) in [7, 11) is 1.55. The number of para-hydroxylation sites is 3. The quantitative estimate of drug-likeness (QED) is 0.256. The smallest absolute Gasteiger partial charge is 0.266 e. The Hall–Kier alpha value is -3.29. The average molecular weight is 494 g/mol. The van der Waals surface area contributed by atoms with Crippen molar-refractivity contribution in [2.75, 3.05) is 18.2 Å². The van der Waals surface area contributed by atoms with Crippen LogP contribution in [0.5, 0.6) is 5.75 Å². The fraction of sp³-hybridized carbons (Fsp3) is 0.192. The zero-order valence-electron chi connectivity index (χ0n) is 19.0. The van der Waals surface area contributed by atoms with E-state index in [1.807, 2.05) is 36.4 Å². The molecule has 0 aliphatic carbocycles. The van der Waals surface area contributed by atoms with Crippen LogP contribution in [0.1, 0.15) is 25.3 Å². The fourth-order valence-corrected chi connectivity index (χ4v) is 4.66. The van der Waals surface area contributed by atoms with Crippen molar-refractivity contribution in [1.82, 2.24) is 9.55 Å². The molecular weight excluding hydrogens is 470 g/mol. The zero-order chi connectivity index (χ0) is 24.2. The standard InChI is InChI=1S/C26H24ClN3O3S/c1-16(2)18-8-4-5-9-20(18)28-24(31)15-34-26-29-21-14-17(27)12-13-19(21)25(32)30(26)22-10-6-7-11-23(22)33-3/h4-14,16H,15H2,1-3H3,(H,28,31). The molecule has 4 rings (SSSR count). The van der Waals surface area contributed by atoms with Crippen LogP contribution in [-0.4, -0.2) is 28.3 Å². The lowest BCUT2D eigenvalue weighted by atomic mass is 10.0. The highest BCUT2D eigenvalue weighted by Crippen LogP contribution is 2.28. The number of aromatic nitrogens is 2. The molecule has 0 radical (unpaired) electrons. The molecule has 0 bridgehead atoms.